The molecule has 1 aromatic carbocycles. The number of aliphatic hydroxyl groups is 1. The number of rotatable bonds is 11. The zero-order valence-electron chi connectivity index (χ0n) is 24.1. The van der Waals surface area contributed by atoms with Crippen LogP contribution in [-0.4, -0.2) is 60.1 Å². The fraction of sp³-hybridized carbons (Fsp3) is 0.786. The zero-order valence-corrected chi connectivity index (χ0v) is 25.9. The molecule has 0 spiro atoms. The van der Waals surface area contributed by atoms with Crippen LogP contribution in [-0.2, 0) is 14.2 Å². The highest BCUT2D eigenvalue weighted by molar-refractivity contribution is 7.72. The van der Waals surface area contributed by atoms with Crippen molar-refractivity contribution >= 4 is 26.5 Å². The first-order chi connectivity index (χ1) is 16.0. The Balaban J connectivity index is 0.00000258. The Morgan fingerprint density at radius 2 is 1.71 bits per heavy atom. The molecule has 5 unspecified atom stereocenters. The van der Waals surface area contributed by atoms with Crippen LogP contribution in [0.5, 0.6) is 0 Å². The minimum atomic E-state index is -1.07. The van der Waals surface area contributed by atoms with Gasteiger partial charge in [-0.3, -0.25) is 0 Å². The highest BCUT2D eigenvalue weighted by Crippen LogP contribution is 2.52. The smallest absolute Gasteiger partial charge is 0.162 e. The highest BCUT2D eigenvalue weighted by Gasteiger charge is 2.38. The molecule has 6 heteroatoms. The number of hydrogen-bond donors (Lipinski definition) is 1. The van der Waals surface area contributed by atoms with Gasteiger partial charge in [-0.05, 0) is 70.1 Å². The molecule has 0 aromatic heterocycles. The highest BCUT2D eigenvalue weighted by atomic mass is 31.1. The maximum atomic E-state index is 10.1. The lowest BCUT2D eigenvalue weighted by Crippen LogP contribution is -2.35. The van der Waals surface area contributed by atoms with E-state index in [4.69, 9.17) is 14.2 Å². The Labute approximate surface area is 214 Å². The fourth-order valence-electron chi connectivity index (χ4n) is 4.21. The maximum absolute atomic E-state index is 10.1. The van der Waals surface area contributed by atoms with Crippen LogP contribution >= 0.6 is 15.8 Å². The Morgan fingerprint density at radius 1 is 1.12 bits per heavy atom. The SMILES string of the molecule is CC.CC.CCCP(CC(C)OC(C)(C)OC)c1ccccc1P1CCC(OC(C)(C)O)C1C. The molecule has 1 fully saturated rings. The first-order valence-corrected chi connectivity index (χ1v) is 16.5. The predicted octanol–water partition coefficient (Wildman–Crippen LogP) is 7.06. The molecule has 5 atom stereocenters. The lowest BCUT2D eigenvalue weighted by atomic mass is 10.2. The van der Waals surface area contributed by atoms with Crippen LogP contribution < -0.4 is 10.6 Å². The number of ether oxygens (including phenoxy) is 3. The first-order valence-electron chi connectivity index (χ1n) is 13.2. The largest absolute Gasteiger partial charge is 0.366 e. The van der Waals surface area contributed by atoms with Crippen molar-refractivity contribution in [3.63, 3.8) is 0 Å². The van der Waals surface area contributed by atoms with Crippen molar-refractivity contribution < 1.29 is 19.3 Å². The molecule has 1 aliphatic rings. The molecule has 1 N–H and O–H groups in total. The minimum absolute atomic E-state index is 0.131. The average molecular weight is 517 g/mol. The molecule has 1 heterocycles. The van der Waals surface area contributed by atoms with Gasteiger partial charge >= 0.3 is 0 Å². The minimum Gasteiger partial charge on any atom is -0.366 e. The molecule has 0 radical (unpaired) electrons. The van der Waals surface area contributed by atoms with Gasteiger partial charge in [0.25, 0.3) is 0 Å². The molecule has 0 bridgehead atoms. The summed E-state index contributed by atoms with van der Waals surface area (Å²) in [6.07, 6.45) is 5.92. The van der Waals surface area contributed by atoms with Gasteiger partial charge in [-0.15, -0.1) is 0 Å². The summed E-state index contributed by atoms with van der Waals surface area (Å²) in [5.74, 6) is -1.63. The van der Waals surface area contributed by atoms with Crippen molar-refractivity contribution in [2.24, 2.45) is 0 Å². The van der Waals surface area contributed by atoms with Crippen LogP contribution in [0.4, 0.5) is 0 Å². The average Bonchev–Trinajstić information content (AvgIpc) is 3.14. The third-order valence-corrected chi connectivity index (χ3v) is 11.9. The van der Waals surface area contributed by atoms with Crippen molar-refractivity contribution in [3.8, 4) is 0 Å². The van der Waals surface area contributed by atoms with Gasteiger partial charge in [0, 0.05) is 12.8 Å². The van der Waals surface area contributed by atoms with E-state index < -0.39 is 11.6 Å². The van der Waals surface area contributed by atoms with Crippen LogP contribution in [0.15, 0.2) is 24.3 Å². The van der Waals surface area contributed by atoms with Gasteiger partial charge in [0.05, 0.1) is 12.2 Å². The van der Waals surface area contributed by atoms with Crippen LogP contribution in [0.3, 0.4) is 0 Å². The molecule has 0 saturated carbocycles. The van der Waals surface area contributed by atoms with Crippen molar-refractivity contribution in [2.75, 3.05) is 25.6 Å². The van der Waals surface area contributed by atoms with E-state index in [-0.39, 0.29) is 28.1 Å². The lowest BCUT2D eigenvalue weighted by Gasteiger charge is -2.32. The van der Waals surface area contributed by atoms with Crippen molar-refractivity contribution in [1.82, 2.24) is 0 Å². The molecule has 0 amide bonds. The predicted molar refractivity (Wildman–Crippen MR) is 154 cm³/mol. The topological polar surface area (TPSA) is 47.9 Å². The van der Waals surface area contributed by atoms with E-state index in [1.54, 1.807) is 31.6 Å². The molecule has 200 valence electrons. The number of methoxy groups -OCH3 is 1. The second-order valence-electron chi connectivity index (χ2n) is 9.29. The summed E-state index contributed by atoms with van der Waals surface area (Å²) in [5, 5.41) is 13.2. The van der Waals surface area contributed by atoms with Crippen molar-refractivity contribution in [2.45, 2.75) is 118 Å². The van der Waals surface area contributed by atoms with Crippen LogP contribution in [0, 0.1) is 0 Å². The van der Waals surface area contributed by atoms with Crippen LogP contribution in [0.25, 0.3) is 0 Å². The molecule has 34 heavy (non-hydrogen) atoms. The second-order valence-corrected chi connectivity index (χ2v) is 14.3. The van der Waals surface area contributed by atoms with Gasteiger partial charge in [0.2, 0.25) is 0 Å². The zero-order chi connectivity index (χ0) is 26.5. The standard InChI is InChI=1S/C24H42O4P2.2C2H6/c1-9-15-29(17-18(2)27-24(6,7)26-8)21-12-10-11-13-22(21)30-16-14-20(19(30)3)28-23(4,5)25;2*1-2/h10-13,18-20,25H,9,14-17H2,1-8H3;2*1-2H3. The third-order valence-electron chi connectivity index (χ3n) is 5.60. The van der Waals surface area contributed by atoms with Gasteiger partial charge in [0.15, 0.2) is 11.6 Å². The van der Waals surface area contributed by atoms with E-state index in [1.165, 1.54) is 18.7 Å². The summed E-state index contributed by atoms with van der Waals surface area (Å²) in [5.41, 5.74) is 0.451. The van der Waals surface area contributed by atoms with Crippen LogP contribution in [0.1, 0.15) is 89.0 Å². The number of hydrogen-bond acceptors (Lipinski definition) is 4. The van der Waals surface area contributed by atoms with Crippen LogP contribution in [0.2, 0.25) is 0 Å². The molecular formula is C28H54O4P2. The van der Waals surface area contributed by atoms with Gasteiger partial charge in [-0.1, -0.05) is 88.1 Å². The summed E-state index contributed by atoms with van der Waals surface area (Å²) < 4.78 is 17.7. The quantitative estimate of drug-likeness (QED) is 0.253. The number of benzene rings is 1. The molecule has 0 aliphatic carbocycles. The fourth-order valence-corrected chi connectivity index (χ4v) is 10.5. The van der Waals surface area contributed by atoms with Gasteiger partial charge < -0.3 is 19.3 Å². The summed E-state index contributed by atoms with van der Waals surface area (Å²) in [6.45, 7) is 22.2. The molecule has 2 rings (SSSR count). The maximum Gasteiger partial charge on any atom is 0.162 e. The van der Waals surface area contributed by atoms with E-state index in [0.29, 0.717) is 5.66 Å². The van der Waals surface area contributed by atoms with Gasteiger partial charge in [-0.2, -0.15) is 0 Å². The molecular weight excluding hydrogens is 462 g/mol. The summed E-state index contributed by atoms with van der Waals surface area (Å²) in [7, 11) is 1.10. The van der Waals surface area contributed by atoms with Crippen molar-refractivity contribution in [1.29, 1.82) is 0 Å². The Morgan fingerprint density at radius 3 is 2.24 bits per heavy atom. The molecule has 1 saturated heterocycles. The molecule has 1 aromatic rings. The van der Waals surface area contributed by atoms with E-state index >= 15 is 0 Å². The van der Waals surface area contributed by atoms with E-state index in [2.05, 4.69) is 45.0 Å². The Hall–Kier alpha value is -0.0800. The molecule has 4 nitrogen and oxygen atoms in total. The first kappa shape index (κ1) is 33.9. The normalized spacial score (nSPS) is 22.2. The summed E-state index contributed by atoms with van der Waals surface area (Å²) in [4.78, 5) is 0. The lowest BCUT2D eigenvalue weighted by molar-refractivity contribution is -0.215. The van der Waals surface area contributed by atoms with E-state index in [0.717, 1.165) is 12.6 Å². The summed E-state index contributed by atoms with van der Waals surface area (Å²) >= 11 is 0. The summed E-state index contributed by atoms with van der Waals surface area (Å²) in [6, 6.07) is 9.07. The Kier molecular flexibility index (Phi) is 16.6. The Bertz CT molecular complexity index is 660. The van der Waals surface area contributed by atoms with Gasteiger partial charge in [-0.25, -0.2) is 0 Å². The van der Waals surface area contributed by atoms with E-state index in [1.807, 2.05) is 41.5 Å². The van der Waals surface area contributed by atoms with E-state index in [9.17, 15) is 5.11 Å². The second kappa shape index (κ2) is 16.6. The monoisotopic (exact) mass is 516 g/mol. The third kappa shape index (κ3) is 11.3. The molecule has 1 aliphatic heterocycles. The van der Waals surface area contributed by atoms with Crippen molar-refractivity contribution in [3.05, 3.63) is 24.3 Å². The van der Waals surface area contributed by atoms with Gasteiger partial charge in [0.1, 0.15) is 0 Å².